The molecule has 1 fully saturated rings. The highest BCUT2D eigenvalue weighted by Gasteiger charge is 2.41. The Morgan fingerprint density at radius 3 is 2.29 bits per heavy atom. The van der Waals surface area contributed by atoms with Crippen LogP contribution in [0.2, 0.25) is 0 Å². The van der Waals surface area contributed by atoms with E-state index in [4.69, 9.17) is 0 Å². The molecule has 0 radical (unpaired) electrons. The molecule has 0 aromatic heterocycles. The summed E-state index contributed by atoms with van der Waals surface area (Å²) in [5.74, 6) is 0. The van der Waals surface area contributed by atoms with Gasteiger partial charge in [0.2, 0.25) is 0 Å². The van der Waals surface area contributed by atoms with Gasteiger partial charge in [0, 0.05) is 17.6 Å². The SMILES string of the molecule is [O-][PH+]1N(c2ccccc2)C[C@H](CCNc2ccccc2)N1c1cccc2ccccc12. The Hall–Kier alpha value is -3.07. The smallest absolute Gasteiger partial charge is 0.140 e. The van der Waals surface area contributed by atoms with Gasteiger partial charge in [-0.05, 0) is 42.1 Å². The minimum atomic E-state index is -2.18. The molecule has 31 heavy (non-hydrogen) atoms. The molecule has 1 saturated heterocycles. The highest BCUT2D eigenvalue weighted by molar-refractivity contribution is 7.54. The van der Waals surface area contributed by atoms with Gasteiger partial charge in [-0.3, -0.25) is 0 Å². The number of nitrogens with zero attached hydrogens (tertiary/aromatic N) is 2. The largest absolute Gasteiger partial charge is 0.644 e. The van der Waals surface area contributed by atoms with Crippen molar-refractivity contribution in [3.63, 3.8) is 0 Å². The van der Waals surface area contributed by atoms with E-state index in [0.29, 0.717) is 0 Å². The van der Waals surface area contributed by atoms with E-state index in [2.05, 4.69) is 81.4 Å². The molecular weight excluding hydrogens is 401 g/mol. The summed E-state index contributed by atoms with van der Waals surface area (Å²) in [5, 5.41) is 5.84. The van der Waals surface area contributed by atoms with Crippen molar-refractivity contribution in [1.82, 2.24) is 0 Å². The average Bonchev–Trinajstić information content (AvgIpc) is 3.16. The summed E-state index contributed by atoms with van der Waals surface area (Å²) in [6.45, 7) is 1.58. The normalized spacial score (nSPS) is 18.5. The molecule has 0 amide bonds. The average molecular weight is 427 g/mol. The van der Waals surface area contributed by atoms with Crippen LogP contribution in [-0.2, 0) is 0 Å². The van der Waals surface area contributed by atoms with Crippen LogP contribution in [0.15, 0.2) is 103 Å². The van der Waals surface area contributed by atoms with E-state index in [1.165, 1.54) is 5.39 Å². The van der Waals surface area contributed by atoms with E-state index in [1.54, 1.807) is 0 Å². The molecule has 0 spiro atoms. The second kappa shape index (κ2) is 8.97. The molecule has 0 saturated carbocycles. The Bertz CT molecular complexity index is 1130. The lowest BCUT2D eigenvalue weighted by atomic mass is 10.1. The van der Waals surface area contributed by atoms with E-state index >= 15 is 0 Å². The molecule has 156 valence electrons. The van der Waals surface area contributed by atoms with Crippen molar-refractivity contribution in [3.8, 4) is 0 Å². The number of anilines is 3. The van der Waals surface area contributed by atoms with Crippen molar-refractivity contribution in [2.45, 2.75) is 12.5 Å². The fraction of sp³-hybridized carbons (Fsp3) is 0.154. The van der Waals surface area contributed by atoms with E-state index in [0.717, 1.165) is 42.0 Å². The summed E-state index contributed by atoms with van der Waals surface area (Å²) >= 11 is 0. The lowest BCUT2D eigenvalue weighted by Crippen LogP contribution is -2.31. The van der Waals surface area contributed by atoms with Crippen molar-refractivity contribution >= 4 is 36.3 Å². The van der Waals surface area contributed by atoms with Crippen molar-refractivity contribution in [2.24, 2.45) is 0 Å². The molecule has 1 unspecified atom stereocenters. The van der Waals surface area contributed by atoms with Crippen molar-refractivity contribution < 1.29 is 4.89 Å². The molecule has 0 aliphatic carbocycles. The van der Waals surface area contributed by atoms with Crippen LogP contribution in [0.5, 0.6) is 0 Å². The molecule has 1 heterocycles. The first-order valence-corrected chi connectivity index (χ1v) is 12.0. The van der Waals surface area contributed by atoms with Gasteiger partial charge >= 0.3 is 0 Å². The molecule has 4 aromatic carbocycles. The van der Waals surface area contributed by atoms with Gasteiger partial charge in [-0.2, -0.15) is 0 Å². The first-order chi connectivity index (χ1) is 15.3. The zero-order valence-electron chi connectivity index (χ0n) is 17.3. The third kappa shape index (κ3) is 4.10. The van der Waals surface area contributed by atoms with Gasteiger partial charge < -0.3 is 10.2 Å². The Kier molecular flexibility index (Phi) is 5.75. The molecule has 5 rings (SSSR count). The minimum absolute atomic E-state index is 0.161. The minimum Gasteiger partial charge on any atom is -0.644 e. The van der Waals surface area contributed by atoms with Crippen LogP contribution >= 0.6 is 8.45 Å². The van der Waals surface area contributed by atoms with E-state index in [-0.39, 0.29) is 6.04 Å². The fourth-order valence-electron chi connectivity index (χ4n) is 4.36. The number of fused-ring (bicyclic) bond motifs is 1. The van der Waals surface area contributed by atoms with Gasteiger partial charge in [-0.15, -0.1) is 0 Å². The van der Waals surface area contributed by atoms with Crippen LogP contribution in [0.4, 0.5) is 17.1 Å². The number of nitrogens with one attached hydrogen (secondary N) is 1. The summed E-state index contributed by atoms with van der Waals surface area (Å²) in [5.41, 5.74) is 3.20. The van der Waals surface area contributed by atoms with Gasteiger partial charge in [-0.1, -0.05) is 72.8 Å². The quantitative estimate of drug-likeness (QED) is 0.421. The Balaban J connectivity index is 1.45. The van der Waals surface area contributed by atoms with Gasteiger partial charge in [-0.25, -0.2) is 9.34 Å². The fourth-order valence-corrected chi connectivity index (χ4v) is 6.28. The summed E-state index contributed by atoms with van der Waals surface area (Å²) in [4.78, 5) is 13.8. The highest BCUT2D eigenvalue weighted by Crippen LogP contribution is 2.51. The van der Waals surface area contributed by atoms with Crippen LogP contribution < -0.4 is 19.6 Å². The van der Waals surface area contributed by atoms with E-state index in [9.17, 15) is 4.89 Å². The molecular formula is C26H26N3OP. The molecule has 4 aromatic rings. The maximum atomic E-state index is 13.8. The first-order valence-electron chi connectivity index (χ1n) is 10.7. The maximum Gasteiger partial charge on any atom is 0.140 e. The molecule has 1 aliphatic heterocycles. The zero-order valence-corrected chi connectivity index (χ0v) is 18.3. The van der Waals surface area contributed by atoms with Crippen LogP contribution in [-0.4, -0.2) is 19.1 Å². The number of para-hydroxylation sites is 2. The van der Waals surface area contributed by atoms with Crippen LogP contribution in [0.25, 0.3) is 10.8 Å². The molecule has 0 bridgehead atoms. The molecule has 5 heteroatoms. The Labute approximate surface area is 184 Å². The zero-order chi connectivity index (χ0) is 21.0. The Morgan fingerprint density at radius 1 is 0.806 bits per heavy atom. The predicted octanol–water partition coefficient (Wildman–Crippen LogP) is 5.36. The topological polar surface area (TPSA) is 41.6 Å². The second-order valence-corrected chi connectivity index (χ2v) is 9.42. The first kappa shape index (κ1) is 19.9. The lowest BCUT2D eigenvalue weighted by Gasteiger charge is -2.30. The second-order valence-electron chi connectivity index (χ2n) is 7.83. The summed E-state index contributed by atoms with van der Waals surface area (Å²) in [6, 6.07) is 35.2. The molecule has 1 aliphatic rings. The van der Waals surface area contributed by atoms with Crippen LogP contribution in [0, 0.1) is 0 Å². The highest BCUT2D eigenvalue weighted by atomic mass is 31.2. The third-order valence-electron chi connectivity index (χ3n) is 5.87. The monoisotopic (exact) mass is 427 g/mol. The summed E-state index contributed by atoms with van der Waals surface area (Å²) in [6.07, 6.45) is 0.901. The van der Waals surface area contributed by atoms with Gasteiger partial charge in [0.1, 0.15) is 8.45 Å². The van der Waals surface area contributed by atoms with Gasteiger partial charge in [0.15, 0.2) is 0 Å². The summed E-state index contributed by atoms with van der Waals surface area (Å²) in [7, 11) is -2.18. The van der Waals surface area contributed by atoms with Crippen LogP contribution in [0.3, 0.4) is 0 Å². The van der Waals surface area contributed by atoms with Crippen molar-refractivity contribution in [3.05, 3.63) is 103 Å². The summed E-state index contributed by atoms with van der Waals surface area (Å²) < 4.78 is 4.26. The molecule has 1 N–H and O–H groups in total. The molecule has 4 nitrogen and oxygen atoms in total. The Morgan fingerprint density at radius 2 is 1.48 bits per heavy atom. The standard InChI is InChI=1S/C26H26N3OP/c30-31-28(23-14-5-2-6-15-23)20-24(18-19-27-22-12-3-1-4-13-22)29(31)26-17-9-11-21-10-7-8-16-25(21)26/h1-17,24,27,31H,18-20H2/t24-/m0/s1. The van der Waals surface area contributed by atoms with E-state index < -0.39 is 8.45 Å². The van der Waals surface area contributed by atoms with Gasteiger partial charge in [0.25, 0.3) is 0 Å². The van der Waals surface area contributed by atoms with E-state index in [1.807, 2.05) is 36.4 Å². The number of benzene rings is 4. The van der Waals surface area contributed by atoms with Crippen LogP contribution in [0.1, 0.15) is 6.42 Å². The lowest BCUT2D eigenvalue weighted by molar-refractivity contribution is -0.160. The maximum absolute atomic E-state index is 13.8. The van der Waals surface area contributed by atoms with Gasteiger partial charge in [0.05, 0.1) is 24.0 Å². The number of rotatable bonds is 6. The third-order valence-corrected chi connectivity index (χ3v) is 7.79. The number of hydrogen-bond acceptors (Lipinski definition) is 4. The van der Waals surface area contributed by atoms with Crippen molar-refractivity contribution in [1.29, 1.82) is 0 Å². The number of hydrogen-bond donors (Lipinski definition) is 1. The predicted molar refractivity (Wildman–Crippen MR) is 132 cm³/mol. The molecule has 2 atom stereocenters. The van der Waals surface area contributed by atoms with Crippen molar-refractivity contribution in [2.75, 3.05) is 27.7 Å².